The van der Waals surface area contributed by atoms with Crippen LogP contribution in [0.4, 0.5) is 0 Å². The van der Waals surface area contributed by atoms with Crippen molar-refractivity contribution >= 4 is 15.9 Å². The second-order valence-electron chi connectivity index (χ2n) is 1.04. The summed E-state index contributed by atoms with van der Waals surface area (Å²) in [7, 11) is 1.47. The number of ether oxygens (including phenoxy) is 1. The van der Waals surface area contributed by atoms with Gasteiger partial charge in [-0.2, -0.15) is 5.26 Å². The second kappa shape index (κ2) is 4.66. The third-order valence-electron chi connectivity index (χ3n) is 0.593. The monoisotopic (exact) mass is 175 g/mol. The first-order valence-electron chi connectivity index (χ1n) is 2.05. The van der Waals surface area contributed by atoms with Gasteiger partial charge in [0, 0.05) is 5.33 Å². The molecule has 0 radical (unpaired) electrons. The molecule has 3 heteroatoms. The topological polar surface area (TPSA) is 33.0 Å². The van der Waals surface area contributed by atoms with Gasteiger partial charge in [-0.1, -0.05) is 15.9 Å². The van der Waals surface area contributed by atoms with E-state index in [-0.39, 0.29) is 0 Å². The Morgan fingerprint density at radius 2 is 2.62 bits per heavy atom. The summed E-state index contributed by atoms with van der Waals surface area (Å²) in [5, 5.41) is 8.85. The van der Waals surface area contributed by atoms with Crippen molar-refractivity contribution in [1.29, 1.82) is 5.26 Å². The Morgan fingerprint density at radius 1 is 2.00 bits per heavy atom. The molecule has 0 aromatic heterocycles. The standard InChI is InChI=1S/C5H6BrNO/c1-8-5(4-7)2-3-6/h2H,3H2,1H3. The summed E-state index contributed by atoms with van der Waals surface area (Å²) in [6.07, 6.45) is 1.65. The minimum Gasteiger partial charge on any atom is -0.487 e. The first-order valence-corrected chi connectivity index (χ1v) is 3.17. The minimum atomic E-state index is 0.349. The maximum Gasteiger partial charge on any atom is 0.193 e. The molecule has 0 saturated heterocycles. The number of rotatable bonds is 2. The molecule has 8 heavy (non-hydrogen) atoms. The summed E-state index contributed by atoms with van der Waals surface area (Å²) in [4.78, 5) is 0. The third kappa shape index (κ3) is 2.64. The van der Waals surface area contributed by atoms with Crippen LogP contribution in [0.3, 0.4) is 0 Å². The largest absolute Gasteiger partial charge is 0.487 e. The van der Waals surface area contributed by atoms with Crippen LogP contribution in [0.2, 0.25) is 0 Å². The lowest BCUT2D eigenvalue weighted by atomic mass is 10.5. The van der Waals surface area contributed by atoms with Crippen molar-refractivity contribution < 1.29 is 4.74 Å². The fourth-order valence-corrected chi connectivity index (χ4v) is 0.539. The molecule has 0 heterocycles. The van der Waals surface area contributed by atoms with Gasteiger partial charge >= 0.3 is 0 Å². The number of nitrogens with zero attached hydrogens (tertiary/aromatic N) is 1. The molecular weight excluding hydrogens is 170 g/mol. The fourth-order valence-electron chi connectivity index (χ4n) is 0.245. The van der Waals surface area contributed by atoms with Crippen molar-refractivity contribution in [1.82, 2.24) is 0 Å². The SMILES string of the molecule is COC(C#N)=CCBr. The van der Waals surface area contributed by atoms with E-state index in [9.17, 15) is 0 Å². The van der Waals surface area contributed by atoms with Crippen LogP contribution in [0.1, 0.15) is 0 Å². The van der Waals surface area contributed by atoms with Gasteiger partial charge in [0.1, 0.15) is 6.07 Å². The highest BCUT2D eigenvalue weighted by Crippen LogP contribution is 1.93. The fraction of sp³-hybridized carbons (Fsp3) is 0.400. The Balaban J connectivity index is 3.72. The van der Waals surface area contributed by atoms with Crippen molar-refractivity contribution in [2.75, 3.05) is 12.4 Å². The van der Waals surface area contributed by atoms with Crippen LogP contribution in [-0.2, 0) is 4.74 Å². The van der Waals surface area contributed by atoms with Gasteiger partial charge < -0.3 is 4.74 Å². The number of allylic oxidation sites excluding steroid dienone is 2. The molecule has 0 aliphatic rings. The van der Waals surface area contributed by atoms with E-state index in [4.69, 9.17) is 5.26 Å². The molecule has 0 N–H and O–H groups in total. The number of methoxy groups -OCH3 is 1. The van der Waals surface area contributed by atoms with E-state index in [2.05, 4.69) is 20.7 Å². The van der Waals surface area contributed by atoms with E-state index in [1.807, 2.05) is 6.07 Å². The molecule has 0 spiro atoms. The molecule has 0 bridgehead atoms. The molecule has 0 rings (SSSR count). The van der Waals surface area contributed by atoms with Gasteiger partial charge in [0.2, 0.25) is 0 Å². The summed E-state index contributed by atoms with van der Waals surface area (Å²) in [6.45, 7) is 0. The van der Waals surface area contributed by atoms with Crippen LogP contribution in [-0.4, -0.2) is 12.4 Å². The molecular formula is C5H6BrNO. The Kier molecular flexibility index (Phi) is 4.38. The number of hydrogen-bond acceptors (Lipinski definition) is 2. The Labute approximate surface area is 56.9 Å². The zero-order chi connectivity index (χ0) is 6.41. The molecule has 0 unspecified atom stereocenters. The summed E-state index contributed by atoms with van der Waals surface area (Å²) < 4.78 is 4.61. The normalized spacial score (nSPS) is 10.4. The number of nitriles is 1. The van der Waals surface area contributed by atoms with Crippen LogP contribution < -0.4 is 0 Å². The lowest BCUT2D eigenvalue weighted by molar-refractivity contribution is 0.309. The predicted molar refractivity (Wildman–Crippen MR) is 34.5 cm³/mol. The Bertz CT molecular complexity index is 125. The van der Waals surface area contributed by atoms with Crippen molar-refractivity contribution in [2.45, 2.75) is 0 Å². The minimum absolute atomic E-state index is 0.349. The van der Waals surface area contributed by atoms with Gasteiger partial charge in [-0.05, 0) is 6.08 Å². The maximum atomic E-state index is 8.19. The summed E-state index contributed by atoms with van der Waals surface area (Å²) >= 11 is 3.12. The van der Waals surface area contributed by atoms with E-state index in [1.165, 1.54) is 7.11 Å². The average molecular weight is 176 g/mol. The average Bonchev–Trinajstić information content (AvgIpc) is 1.83. The Hall–Kier alpha value is -0.490. The highest BCUT2D eigenvalue weighted by Gasteiger charge is 1.86. The van der Waals surface area contributed by atoms with Crippen molar-refractivity contribution in [2.24, 2.45) is 0 Å². The predicted octanol–water partition coefficient (Wildman–Crippen LogP) is 1.44. The molecule has 0 saturated carbocycles. The van der Waals surface area contributed by atoms with Crippen LogP contribution in [0.15, 0.2) is 11.8 Å². The highest BCUT2D eigenvalue weighted by molar-refractivity contribution is 9.09. The quantitative estimate of drug-likeness (QED) is 0.362. The molecule has 0 aliphatic heterocycles. The van der Waals surface area contributed by atoms with Crippen LogP contribution in [0.25, 0.3) is 0 Å². The zero-order valence-electron chi connectivity index (χ0n) is 4.52. The molecule has 0 fully saturated rings. The smallest absolute Gasteiger partial charge is 0.193 e. The number of hydrogen-bond donors (Lipinski definition) is 0. The summed E-state index contributed by atoms with van der Waals surface area (Å²) in [6, 6.07) is 1.86. The summed E-state index contributed by atoms with van der Waals surface area (Å²) in [5.74, 6) is 0.349. The van der Waals surface area contributed by atoms with Crippen molar-refractivity contribution in [3.05, 3.63) is 11.8 Å². The zero-order valence-corrected chi connectivity index (χ0v) is 6.10. The molecule has 0 aromatic carbocycles. The first kappa shape index (κ1) is 7.51. The molecule has 0 amide bonds. The van der Waals surface area contributed by atoms with Gasteiger partial charge in [0.15, 0.2) is 5.76 Å². The van der Waals surface area contributed by atoms with Crippen LogP contribution in [0, 0.1) is 11.3 Å². The van der Waals surface area contributed by atoms with Crippen LogP contribution in [0.5, 0.6) is 0 Å². The molecule has 0 atom stereocenters. The molecule has 2 nitrogen and oxygen atoms in total. The van der Waals surface area contributed by atoms with E-state index >= 15 is 0 Å². The van der Waals surface area contributed by atoms with Gasteiger partial charge in [-0.3, -0.25) is 0 Å². The third-order valence-corrected chi connectivity index (χ3v) is 0.916. The van der Waals surface area contributed by atoms with E-state index < -0.39 is 0 Å². The number of halogens is 1. The van der Waals surface area contributed by atoms with Gasteiger partial charge in [0.25, 0.3) is 0 Å². The lowest BCUT2D eigenvalue weighted by Gasteiger charge is -1.90. The molecule has 44 valence electrons. The lowest BCUT2D eigenvalue weighted by Crippen LogP contribution is -1.80. The second-order valence-corrected chi connectivity index (χ2v) is 1.69. The molecule has 0 aromatic rings. The van der Waals surface area contributed by atoms with E-state index in [0.29, 0.717) is 11.1 Å². The maximum absolute atomic E-state index is 8.19. The van der Waals surface area contributed by atoms with Crippen molar-refractivity contribution in [3.63, 3.8) is 0 Å². The van der Waals surface area contributed by atoms with Crippen molar-refractivity contribution in [3.8, 4) is 6.07 Å². The first-order chi connectivity index (χ1) is 3.85. The molecule has 0 aliphatic carbocycles. The van der Waals surface area contributed by atoms with Gasteiger partial charge in [0.05, 0.1) is 7.11 Å². The van der Waals surface area contributed by atoms with Gasteiger partial charge in [-0.15, -0.1) is 0 Å². The van der Waals surface area contributed by atoms with Crippen LogP contribution >= 0.6 is 15.9 Å². The Morgan fingerprint density at radius 3 is 2.75 bits per heavy atom. The summed E-state index contributed by atoms with van der Waals surface area (Å²) in [5.41, 5.74) is 0. The van der Waals surface area contributed by atoms with E-state index in [1.54, 1.807) is 6.08 Å². The highest BCUT2D eigenvalue weighted by atomic mass is 79.9. The number of alkyl halides is 1. The van der Waals surface area contributed by atoms with Gasteiger partial charge in [-0.25, -0.2) is 0 Å². The van der Waals surface area contributed by atoms with E-state index in [0.717, 1.165) is 0 Å².